The fraction of sp³-hybridized carbons (Fsp3) is 0.538. The number of nitrogens with zero attached hydrogens (tertiary/aromatic N) is 1. The lowest BCUT2D eigenvalue weighted by Gasteiger charge is -2.25. The minimum absolute atomic E-state index is 0.370. The summed E-state index contributed by atoms with van der Waals surface area (Å²) in [4.78, 5) is 2.32. The van der Waals surface area contributed by atoms with Gasteiger partial charge in [-0.25, -0.2) is 0 Å². The van der Waals surface area contributed by atoms with Crippen LogP contribution in [0.5, 0.6) is 5.75 Å². The largest absolute Gasteiger partial charge is 0.508 e. The molecule has 3 nitrogen and oxygen atoms in total. The predicted molar refractivity (Wildman–Crippen MR) is 67.1 cm³/mol. The van der Waals surface area contributed by atoms with Gasteiger partial charge in [-0.3, -0.25) is 0 Å². The zero-order valence-electron chi connectivity index (χ0n) is 10.2. The van der Waals surface area contributed by atoms with Crippen LogP contribution < -0.4 is 10.2 Å². The molecule has 2 atom stereocenters. The molecule has 3 heteroatoms. The third-order valence-electron chi connectivity index (χ3n) is 3.56. The second-order valence-electron chi connectivity index (χ2n) is 4.71. The van der Waals surface area contributed by atoms with Gasteiger partial charge in [0.15, 0.2) is 0 Å². The molecule has 2 rings (SSSR count). The Hall–Kier alpha value is -1.22. The Morgan fingerprint density at radius 3 is 3.00 bits per heavy atom. The van der Waals surface area contributed by atoms with Crippen LogP contribution in [0.1, 0.15) is 18.9 Å². The molecule has 0 saturated carbocycles. The van der Waals surface area contributed by atoms with Gasteiger partial charge in [-0.05, 0) is 50.6 Å². The molecule has 1 aliphatic heterocycles. The molecule has 1 aromatic rings. The van der Waals surface area contributed by atoms with Crippen molar-refractivity contribution < 1.29 is 5.11 Å². The fourth-order valence-electron chi connectivity index (χ4n) is 2.43. The maximum atomic E-state index is 9.47. The Bertz CT molecular complexity index is 378. The van der Waals surface area contributed by atoms with E-state index in [1.165, 1.54) is 11.3 Å². The van der Waals surface area contributed by atoms with E-state index in [-0.39, 0.29) is 0 Å². The van der Waals surface area contributed by atoms with Crippen LogP contribution in [-0.2, 0) is 6.42 Å². The Morgan fingerprint density at radius 1 is 1.56 bits per heavy atom. The SMILES string of the molecule is CNC(C)CC1Cc2cc(O)ccc2N1C. The number of likely N-dealkylation sites (N-methyl/N-ethyl adjacent to an activating group) is 1. The lowest BCUT2D eigenvalue weighted by molar-refractivity contribution is 0.474. The van der Waals surface area contributed by atoms with E-state index in [4.69, 9.17) is 0 Å². The van der Waals surface area contributed by atoms with Crippen LogP contribution in [0, 0.1) is 0 Å². The second kappa shape index (κ2) is 4.34. The number of hydrogen-bond donors (Lipinski definition) is 2. The van der Waals surface area contributed by atoms with E-state index in [9.17, 15) is 5.11 Å². The molecule has 2 N–H and O–H groups in total. The van der Waals surface area contributed by atoms with E-state index in [0.717, 1.165) is 12.8 Å². The Balaban J connectivity index is 2.14. The van der Waals surface area contributed by atoms with Crippen molar-refractivity contribution in [3.63, 3.8) is 0 Å². The quantitative estimate of drug-likeness (QED) is 0.814. The molecular weight excluding hydrogens is 200 g/mol. The molecule has 2 unspecified atom stereocenters. The van der Waals surface area contributed by atoms with E-state index >= 15 is 0 Å². The van der Waals surface area contributed by atoms with Crippen LogP contribution in [0.25, 0.3) is 0 Å². The van der Waals surface area contributed by atoms with Gasteiger partial charge in [-0.1, -0.05) is 0 Å². The third-order valence-corrected chi connectivity index (χ3v) is 3.56. The highest BCUT2D eigenvalue weighted by Crippen LogP contribution is 2.34. The summed E-state index contributed by atoms with van der Waals surface area (Å²) in [6.45, 7) is 2.20. The highest BCUT2D eigenvalue weighted by atomic mass is 16.3. The summed E-state index contributed by atoms with van der Waals surface area (Å²) in [5, 5.41) is 12.7. The van der Waals surface area contributed by atoms with Crippen LogP contribution >= 0.6 is 0 Å². The zero-order chi connectivity index (χ0) is 11.7. The van der Waals surface area contributed by atoms with Crippen molar-refractivity contribution in [3.8, 4) is 5.75 Å². The van der Waals surface area contributed by atoms with Gasteiger partial charge < -0.3 is 15.3 Å². The van der Waals surface area contributed by atoms with Crippen molar-refractivity contribution in [3.05, 3.63) is 23.8 Å². The Kier molecular flexibility index (Phi) is 3.06. The standard InChI is InChI=1S/C13H20N2O/c1-9(14-2)6-11-7-10-8-12(16)4-5-13(10)15(11)3/h4-5,8-9,11,14,16H,6-7H2,1-3H3. The molecule has 0 spiro atoms. The van der Waals surface area contributed by atoms with Gasteiger partial charge in [-0.2, -0.15) is 0 Å². The third kappa shape index (κ3) is 2.00. The topological polar surface area (TPSA) is 35.5 Å². The van der Waals surface area contributed by atoms with Gasteiger partial charge in [0.05, 0.1) is 0 Å². The first kappa shape index (κ1) is 11.3. The van der Waals surface area contributed by atoms with Crippen LogP contribution in [0.3, 0.4) is 0 Å². The Morgan fingerprint density at radius 2 is 2.31 bits per heavy atom. The number of benzene rings is 1. The molecule has 88 valence electrons. The van der Waals surface area contributed by atoms with Gasteiger partial charge in [0, 0.05) is 24.8 Å². The van der Waals surface area contributed by atoms with E-state index in [2.05, 4.69) is 24.2 Å². The van der Waals surface area contributed by atoms with Crippen molar-refractivity contribution in [2.45, 2.75) is 31.8 Å². The smallest absolute Gasteiger partial charge is 0.116 e. The molecular formula is C13H20N2O. The summed E-state index contributed by atoms with van der Waals surface area (Å²) in [5.41, 5.74) is 2.52. The molecule has 0 saturated heterocycles. The summed E-state index contributed by atoms with van der Waals surface area (Å²) in [5.74, 6) is 0.370. The molecule has 1 aromatic carbocycles. The molecule has 0 radical (unpaired) electrons. The summed E-state index contributed by atoms with van der Waals surface area (Å²) in [6.07, 6.45) is 2.16. The first-order valence-corrected chi connectivity index (χ1v) is 5.83. The molecule has 0 bridgehead atoms. The second-order valence-corrected chi connectivity index (χ2v) is 4.71. The molecule has 1 aliphatic rings. The normalized spacial score (nSPS) is 20.9. The zero-order valence-corrected chi connectivity index (χ0v) is 10.2. The van der Waals surface area contributed by atoms with E-state index in [0.29, 0.717) is 17.8 Å². The minimum atomic E-state index is 0.370. The highest BCUT2D eigenvalue weighted by molar-refractivity contribution is 5.60. The molecule has 0 fully saturated rings. The van der Waals surface area contributed by atoms with E-state index < -0.39 is 0 Å². The van der Waals surface area contributed by atoms with Crippen LogP contribution in [-0.4, -0.2) is 31.3 Å². The maximum absolute atomic E-state index is 9.47. The number of anilines is 1. The summed E-state index contributed by atoms with van der Waals surface area (Å²) >= 11 is 0. The molecule has 0 amide bonds. The summed E-state index contributed by atoms with van der Waals surface area (Å²) in [7, 11) is 4.13. The lowest BCUT2D eigenvalue weighted by atomic mass is 10.0. The van der Waals surface area contributed by atoms with Gasteiger partial charge in [-0.15, -0.1) is 0 Å². The first-order chi connectivity index (χ1) is 7.61. The average molecular weight is 220 g/mol. The number of rotatable bonds is 3. The van der Waals surface area contributed by atoms with Gasteiger partial charge in [0.2, 0.25) is 0 Å². The molecule has 0 aliphatic carbocycles. The summed E-state index contributed by atoms with van der Waals surface area (Å²) < 4.78 is 0. The monoisotopic (exact) mass is 220 g/mol. The van der Waals surface area contributed by atoms with Gasteiger partial charge >= 0.3 is 0 Å². The van der Waals surface area contributed by atoms with Crippen molar-refractivity contribution in [1.82, 2.24) is 5.32 Å². The highest BCUT2D eigenvalue weighted by Gasteiger charge is 2.27. The first-order valence-electron chi connectivity index (χ1n) is 5.83. The maximum Gasteiger partial charge on any atom is 0.116 e. The fourth-order valence-corrected chi connectivity index (χ4v) is 2.43. The van der Waals surface area contributed by atoms with Crippen LogP contribution in [0.15, 0.2) is 18.2 Å². The van der Waals surface area contributed by atoms with Crippen molar-refractivity contribution in [1.29, 1.82) is 0 Å². The number of hydrogen-bond acceptors (Lipinski definition) is 3. The predicted octanol–water partition coefficient (Wildman–Crippen LogP) is 1.75. The number of fused-ring (bicyclic) bond motifs is 1. The van der Waals surface area contributed by atoms with Crippen LogP contribution in [0.2, 0.25) is 0 Å². The van der Waals surface area contributed by atoms with Crippen molar-refractivity contribution >= 4 is 5.69 Å². The molecule has 16 heavy (non-hydrogen) atoms. The minimum Gasteiger partial charge on any atom is -0.508 e. The van der Waals surface area contributed by atoms with Crippen LogP contribution in [0.4, 0.5) is 5.69 Å². The van der Waals surface area contributed by atoms with E-state index in [1.54, 1.807) is 6.07 Å². The molecule has 0 aromatic heterocycles. The number of phenols is 1. The van der Waals surface area contributed by atoms with Gasteiger partial charge in [0.25, 0.3) is 0 Å². The van der Waals surface area contributed by atoms with Crippen molar-refractivity contribution in [2.24, 2.45) is 0 Å². The number of aromatic hydroxyl groups is 1. The lowest BCUT2D eigenvalue weighted by Crippen LogP contribution is -2.35. The van der Waals surface area contributed by atoms with Crippen molar-refractivity contribution in [2.75, 3.05) is 19.0 Å². The summed E-state index contributed by atoms with van der Waals surface area (Å²) in [6, 6.07) is 6.72. The number of nitrogens with one attached hydrogen (secondary N) is 1. The van der Waals surface area contributed by atoms with E-state index in [1.807, 2.05) is 19.2 Å². The number of phenolic OH excluding ortho intramolecular Hbond substituents is 1. The Labute approximate surface area is 97.1 Å². The molecule has 1 heterocycles. The van der Waals surface area contributed by atoms with Gasteiger partial charge in [0.1, 0.15) is 5.75 Å². The average Bonchev–Trinajstić information content (AvgIpc) is 2.55.